The molecule has 0 aliphatic heterocycles. The summed E-state index contributed by atoms with van der Waals surface area (Å²) in [7, 11) is 6.61. The summed E-state index contributed by atoms with van der Waals surface area (Å²) >= 11 is 0. The molecule has 8 nitrogen and oxygen atoms in total. The smallest absolute Gasteiger partial charge is 0.226 e. The molecule has 8 heteroatoms. The number of hydrogen-bond donors (Lipinski definition) is 2. The van der Waals surface area contributed by atoms with Gasteiger partial charge in [-0.25, -0.2) is 4.98 Å². The predicted octanol–water partition coefficient (Wildman–Crippen LogP) is 3.58. The minimum atomic E-state index is 0.490. The molecule has 0 aliphatic carbocycles. The summed E-state index contributed by atoms with van der Waals surface area (Å²) in [4.78, 5) is 8.82. The number of nitrogens with one attached hydrogen (secondary N) is 2. The molecule has 0 fully saturated rings. The summed E-state index contributed by atoms with van der Waals surface area (Å²) in [5, 5.41) is 6.56. The highest BCUT2D eigenvalue weighted by Gasteiger charge is 2.13. The number of aromatic nitrogens is 1. The molecule has 2 N–H and O–H groups in total. The van der Waals surface area contributed by atoms with E-state index in [4.69, 9.17) is 18.6 Å². The third kappa shape index (κ3) is 5.72. The first kappa shape index (κ1) is 23.0. The molecule has 2 aromatic carbocycles. The zero-order valence-electron chi connectivity index (χ0n) is 19.2. The lowest BCUT2D eigenvalue weighted by Crippen LogP contribution is -2.38. The SMILES string of the molecule is CN=C(NCCc1c(OC)cc(OC)cc1OC)NCc1coc(-c2ccc(C)cc2)n1. The molecule has 0 aliphatic rings. The third-order valence-corrected chi connectivity index (χ3v) is 5.00. The number of aliphatic imine (C=N–C) groups is 1. The Morgan fingerprint density at radius 1 is 1.00 bits per heavy atom. The van der Waals surface area contributed by atoms with Crippen LogP contribution in [0.15, 0.2) is 52.1 Å². The summed E-state index contributed by atoms with van der Waals surface area (Å²) < 4.78 is 21.9. The van der Waals surface area contributed by atoms with Gasteiger partial charge in [0.2, 0.25) is 5.89 Å². The van der Waals surface area contributed by atoms with E-state index >= 15 is 0 Å². The summed E-state index contributed by atoms with van der Waals surface area (Å²) in [5.41, 5.74) is 3.90. The highest BCUT2D eigenvalue weighted by Crippen LogP contribution is 2.34. The van der Waals surface area contributed by atoms with Crippen molar-refractivity contribution in [2.24, 2.45) is 4.99 Å². The van der Waals surface area contributed by atoms with Gasteiger partial charge in [0.05, 0.1) is 33.6 Å². The zero-order chi connectivity index (χ0) is 22.9. The van der Waals surface area contributed by atoms with Gasteiger partial charge in [0, 0.05) is 36.9 Å². The quantitative estimate of drug-likeness (QED) is 0.390. The molecular formula is C24H30N4O4. The number of nitrogens with zero attached hydrogens (tertiary/aromatic N) is 2. The lowest BCUT2D eigenvalue weighted by molar-refractivity contribution is 0.368. The van der Waals surface area contributed by atoms with E-state index < -0.39 is 0 Å². The standard InChI is InChI=1S/C24H30N4O4/c1-16-6-8-17(9-7-16)23-28-18(15-32-23)14-27-24(25-2)26-11-10-20-21(30-4)12-19(29-3)13-22(20)31-5/h6-9,12-13,15H,10-11,14H2,1-5H3,(H2,25,26,27). The van der Waals surface area contributed by atoms with E-state index in [9.17, 15) is 0 Å². The highest BCUT2D eigenvalue weighted by atomic mass is 16.5. The Labute approximate surface area is 188 Å². The number of aryl methyl sites for hydroxylation is 1. The minimum absolute atomic E-state index is 0.490. The monoisotopic (exact) mass is 438 g/mol. The van der Waals surface area contributed by atoms with Crippen molar-refractivity contribution in [1.29, 1.82) is 0 Å². The van der Waals surface area contributed by atoms with Gasteiger partial charge in [0.25, 0.3) is 0 Å². The van der Waals surface area contributed by atoms with E-state index in [1.807, 2.05) is 43.3 Å². The van der Waals surface area contributed by atoms with Gasteiger partial charge in [-0.3, -0.25) is 4.99 Å². The molecule has 3 aromatic rings. The number of oxazole rings is 1. The summed E-state index contributed by atoms with van der Waals surface area (Å²) in [6.07, 6.45) is 2.33. The van der Waals surface area contributed by atoms with Crippen LogP contribution in [0.1, 0.15) is 16.8 Å². The van der Waals surface area contributed by atoms with Gasteiger partial charge in [-0.2, -0.15) is 0 Å². The largest absolute Gasteiger partial charge is 0.496 e. The van der Waals surface area contributed by atoms with Crippen LogP contribution >= 0.6 is 0 Å². The lowest BCUT2D eigenvalue weighted by Gasteiger charge is -2.16. The van der Waals surface area contributed by atoms with Gasteiger partial charge >= 0.3 is 0 Å². The van der Waals surface area contributed by atoms with Gasteiger partial charge in [-0.15, -0.1) is 0 Å². The Kier molecular flexibility index (Phi) is 7.96. The van der Waals surface area contributed by atoms with Crippen LogP contribution in [0.5, 0.6) is 17.2 Å². The zero-order valence-corrected chi connectivity index (χ0v) is 19.2. The Morgan fingerprint density at radius 3 is 2.28 bits per heavy atom. The molecule has 0 amide bonds. The Morgan fingerprint density at radius 2 is 1.69 bits per heavy atom. The molecule has 1 heterocycles. The van der Waals surface area contributed by atoms with Crippen molar-refractivity contribution in [2.45, 2.75) is 19.9 Å². The van der Waals surface area contributed by atoms with Crippen LogP contribution in [0.25, 0.3) is 11.5 Å². The molecular weight excluding hydrogens is 408 g/mol. The molecule has 0 radical (unpaired) electrons. The Bertz CT molecular complexity index is 1020. The molecule has 0 saturated carbocycles. The molecule has 0 spiro atoms. The summed E-state index contributed by atoms with van der Waals surface area (Å²) in [6, 6.07) is 11.8. The normalized spacial score (nSPS) is 11.2. The van der Waals surface area contributed by atoms with Gasteiger partial charge in [-0.05, 0) is 25.5 Å². The minimum Gasteiger partial charge on any atom is -0.496 e. The number of hydrogen-bond acceptors (Lipinski definition) is 6. The molecule has 170 valence electrons. The first-order chi connectivity index (χ1) is 15.6. The van der Waals surface area contributed by atoms with E-state index in [2.05, 4.69) is 20.6 Å². The fourth-order valence-corrected chi connectivity index (χ4v) is 3.24. The molecule has 0 bridgehead atoms. The Hall–Kier alpha value is -3.68. The van der Waals surface area contributed by atoms with Crippen molar-refractivity contribution >= 4 is 5.96 Å². The topological polar surface area (TPSA) is 90.1 Å². The van der Waals surface area contributed by atoms with Crippen molar-refractivity contribution in [1.82, 2.24) is 15.6 Å². The van der Waals surface area contributed by atoms with Crippen LogP contribution in [-0.4, -0.2) is 45.9 Å². The maximum absolute atomic E-state index is 5.62. The van der Waals surface area contributed by atoms with Gasteiger partial charge in [0.15, 0.2) is 5.96 Å². The molecule has 32 heavy (non-hydrogen) atoms. The van der Waals surface area contributed by atoms with Crippen LogP contribution in [0.3, 0.4) is 0 Å². The van der Waals surface area contributed by atoms with Crippen molar-refractivity contribution < 1.29 is 18.6 Å². The van der Waals surface area contributed by atoms with E-state index in [0.717, 1.165) is 28.3 Å². The number of guanidine groups is 1. The second kappa shape index (κ2) is 11.1. The first-order valence-corrected chi connectivity index (χ1v) is 10.3. The van der Waals surface area contributed by atoms with Crippen molar-refractivity contribution in [2.75, 3.05) is 34.9 Å². The number of benzene rings is 2. The van der Waals surface area contributed by atoms with E-state index in [0.29, 0.717) is 37.1 Å². The lowest BCUT2D eigenvalue weighted by atomic mass is 10.1. The second-order valence-electron chi connectivity index (χ2n) is 7.12. The van der Waals surface area contributed by atoms with Crippen LogP contribution < -0.4 is 24.8 Å². The van der Waals surface area contributed by atoms with Gasteiger partial charge in [-0.1, -0.05) is 17.7 Å². The molecule has 3 rings (SSSR count). The highest BCUT2D eigenvalue weighted by molar-refractivity contribution is 5.79. The first-order valence-electron chi connectivity index (χ1n) is 10.3. The fraction of sp³-hybridized carbons (Fsp3) is 0.333. The van der Waals surface area contributed by atoms with Crippen LogP contribution in [-0.2, 0) is 13.0 Å². The fourth-order valence-electron chi connectivity index (χ4n) is 3.24. The summed E-state index contributed by atoms with van der Waals surface area (Å²) in [6.45, 7) is 3.17. The van der Waals surface area contributed by atoms with E-state index in [1.165, 1.54) is 5.56 Å². The van der Waals surface area contributed by atoms with Gasteiger partial charge < -0.3 is 29.3 Å². The average Bonchev–Trinajstić information content (AvgIpc) is 3.30. The average molecular weight is 439 g/mol. The van der Waals surface area contributed by atoms with E-state index in [1.54, 1.807) is 34.6 Å². The number of rotatable bonds is 9. The third-order valence-electron chi connectivity index (χ3n) is 5.00. The van der Waals surface area contributed by atoms with Gasteiger partial charge in [0.1, 0.15) is 23.5 Å². The van der Waals surface area contributed by atoms with Crippen molar-refractivity contribution in [3.63, 3.8) is 0 Å². The molecule has 0 unspecified atom stereocenters. The van der Waals surface area contributed by atoms with Crippen LogP contribution in [0.2, 0.25) is 0 Å². The number of ether oxygens (including phenoxy) is 3. The maximum atomic E-state index is 5.62. The van der Waals surface area contributed by atoms with Crippen LogP contribution in [0, 0.1) is 6.92 Å². The maximum Gasteiger partial charge on any atom is 0.226 e. The van der Waals surface area contributed by atoms with E-state index in [-0.39, 0.29) is 0 Å². The number of methoxy groups -OCH3 is 3. The molecule has 0 saturated heterocycles. The second-order valence-corrected chi connectivity index (χ2v) is 7.12. The Balaban J connectivity index is 1.56. The molecule has 1 aromatic heterocycles. The predicted molar refractivity (Wildman–Crippen MR) is 125 cm³/mol. The van der Waals surface area contributed by atoms with Crippen molar-refractivity contribution in [3.8, 4) is 28.7 Å². The summed E-state index contributed by atoms with van der Waals surface area (Å²) in [5.74, 6) is 3.39. The van der Waals surface area contributed by atoms with Crippen LogP contribution in [0.4, 0.5) is 0 Å². The van der Waals surface area contributed by atoms with Crippen molar-refractivity contribution in [3.05, 3.63) is 59.5 Å². The molecule has 0 atom stereocenters.